The first-order valence-corrected chi connectivity index (χ1v) is 6.50. The Morgan fingerprint density at radius 3 is 2.69 bits per heavy atom. The minimum atomic E-state index is 0.146. The van der Waals surface area contributed by atoms with E-state index in [2.05, 4.69) is 44.1 Å². The maximum Gasteiger partial charge on any atom is 0.125 e. The van der Waals surface area contributed by atoms with E-state index in [0.717, 1.165) is 20.4 Å². The average molecular weight is 345 g/mol. The quantitative estimate of drug-likeness (QED) is 0.849. The Balaban J connectivity index is 2.15. The van der Waals surface area contributed by atoms with Crippen LogP contribution in [0, 0.1) is 0 Å². The van der Waals surface area contributed by atoms with E-state index >= 15 is 0 Å². The summed E-state index contributed by atoms with van der Waals surface area (Å²) in [5.74, 6) is 0.926. The van der Waals surface area contributed by atoms with Crippen molar-refractivity contribution in [1.29, 1.82) is 0 Å². The average Bonchev–Trinajstić information content (AvgIpc) is 2.75. The molecule has 84 valence electrons. The summed E-state index contributed by atoms with van der Waals surface area (Å²) < 4.78 is 7.42. The molecule has 0 aliphatic carbocycles. The molecule has 0 radical (unpaired) electrons. The summed E-state index contributed by atoms with van der Waals surface area (Å²) in [5, 5.41) is 3.38. The van der Waals surface area contributed by atoms with Crippen molar-refractivity contribution in [3.05, 3.63) is 51.3 Å². The minimum absolute atomic E-state index is 0.146. The van der Waals surface area contributed by atoms with Gasteiger partial charge >= 0.3 is 0 Å². The molecule has 0 amide bonds. The van der Waals surface area contributed by atoms with E-state index < -0.39 is 0 Å². The van der Waals surface area contributed by atoms with Gasteiger partial charge in [0.25, 0.3) is 0 Å². The Morgan fingerprint density at radius 1 is 1.25 bits per heavy atom. The maximum atomic E-state index is 5.34. The van der Waals surface area contributed by atoms with Crippen LogP contribution in [0.25, 0.3) is 0 Å². The van der Waals surface area contributed by atoms with Crippen molar-refractivity contribution in [1.82, 2.24) is 0 Å². The molecule has 4 heteroatoms. The van der Waals surface area contributed by atoms with Crippen LogP contribution in [-0.2, 0) is 0 Å². The Morgan fingerprint density at radius 2 is 2.06 bits per heavy atom. The van der Waals surface area contributed by atoms with Gasteiger partial charge in [-0.2, -0.15) is 0 Å². The van der Waals surface area contributed by atoms with E-state index in [4.69, 9.17) is 4.42 Å². The van der Waals surface area contributed by atoms with E-state index in [1.165, 1.54) is 0 Å². The third kappa shape index (κ3) is 2.68. The van der Waals surface area contributed by atoms with Crippen molar-refractivity contribution in [2.45, 2.75) is 13.0 Å². The predicted molar refractivity (Wildman–Crippen MR) is 72.6 cm³/mol. The van der Waals surface area contributed by atoms with Gasteiger partial charge in [0.05, 0.1) is 12.3 Å². The van der Waals surface area contributed by atoms with E-state index in [0.29, 0.717) is 0 Å². The molecule has 0 saturated carbocycles. The third-order valence-electron chi connectivity index (χ3n) is 2.27. The molecule has 1 atom stereocenters. The molecule has 0 saturated heterocycles. The highest BCUT2D eigenvalue weighted by molar-refractivity contribution is 9.11. The SMILES string of the molecule is CC(Nc1ccc(Br)cc1Br)c1ccco1. The molecular formula is C12H11Br2NO. The third-order valence-corrected chi connectivity index (χ3v) is 3.42. The minimum Gasteiger partial charge on any atom is -0.467 e. The Labute approximate surface area is 111 Å². The van der Waals surface area contributed by atoms with Gasteiger partial charge in [-0.15, -0.1) is 0 Å². The van der Waals surface area contributed by atoms with Crippen LogP contribution >= 0.6 is 31.9 Å². The van der Waals surface area contributed by atoms with Crippen LogP contribution in [0.15, 0.2) is 50.0 Å². The molecular weight excluding hydrogens is 334 g/mol. The van der Waals surface area contributed by atoms with Crippen LogP contribution in [-0.4, -0.2) is 0 Å². The van der Waals surface area contributed by atoms with Crippen molar-refractivity contribution < 1.29 is 4.42 Å². The number of hydrogen-bond donors (Lipinski definition) is 1. The maximum absolute atomic E-state index is 5.34. The normalized spacial score (nSPS) is 12.4. The van der Waals surface area contributed by atoms with Gasteiger partial charge in [-0.1, -0.05) is 15.9 Å². The lowest BCUT2D eigenvalue weighted by Crippen LogP contribution is -2.05. The van der Waals surface area contributed by atoms with E-state index in [-0.39, 0.29) is 6.04 Å². The molecule has 0 fully saturated rings. The highest BCUT2D eigenvalue weighted by Crippen LogP contribution is 2.29. The fraction of sp³-hybridized carbons (Fsp3) is 0.167. The fourth-order valence-corrected chi connectivity index (χ4v) is 2.61. The van der Waals surface area contributed by atoms with Gasteiger partial charge in [-0.05, 0) is 53.2 Å². The molecule has 1 heterocycles. The van der Waals surface area contributed by atoms with Crippen LogP contribution in [0.4, 0.5) is 5.69 Å². The molecule has 0 spiro atoms. The molecule has 1 N–H and O–H groups in total. The van der Waals surface area contributed by atoms with Gasteiger partial charge in [0.2, 0.25) is 0 Å². The van der Waals surface area contributed by atoms with Crippen LogP contribution in [0.3, 0.4) is 0 Å². The largest absolute Gasteiger partial charge is 0.467 e. The van der Waals surface area contributed by atoms with Gasteiger partial charge in [0, 0.05) is 14.6 Å². The summed E-state index contributed by atoms with van der Waals surface area (Å²) in [6, 6.07) is 10.0. The molecule has 1 aromatic carbocycles. The number of hydrogen-bond acceptors (Lipinski definition) is 2. The molecule has 1 unspecified atom stereocenters. The number of anilines is 1. The van der Waals surface area contributed by atoms with Crippen LogP contribution in [0.1, 0.15) is 18.7 Å². The van der Waals surface area contributed by atoms with Gasteiger partial charge in [0.15, 0.2) is 0 Å². The van der Waals surface area contributed by atoms with E-state index in [1.807, 2.05) is 30.3 Å². The Hall–Kier alpha value is -0.740. The second kappa shape index (κ2) is 5.06. The molecule has 2 nitrogen and oxygen atoms in total. The predicted octanol–water partition coefficient (Wildman–Crippen LogP) is 4.98. The first-order valence-electron chi connectivity index (χ1n) is 4.92. The van der Waals surface area contributed by atoms with Gasteiger partial charge in [0.1, 0.15) is 5.76 Å². The highest BCUT2D eigenvalue weighted by atomic mass is 79.9. The number of rotatable bonds is 3. The molecule has 1 aromatic heterocycles. The summed E-state index contributed by atoms with van der Waals surface area (Å²) in [6.45, 7) is 2.06. The zero-order valence-corrected chi connectivity index (χ0v) is 11.9. The lowest BCUT2D eigenvalue weighted by molar-refractivity contribution is 0.490. The summed E-state index contributed by atoms with van der Waals surface area (Å²) in [6.07, 6.45) is 1.68. The Bertz CT molecular complexity index is 468. The topological polar surface area (TPSA) is 25.2 Å². The number of halogens is 2. The summed E-state index contributed by atoms with van der Waals surface area (Å²) >= 11 is 6.94. The number of benzene rings is 1. The molecule has 0 aliphatic rings. The van der Waals surface area contributed by atoms with Crippen molar-refractivity contribution >= 4 is 37.5 Å². The summed E-state index contributed by atoms with van der Waals surface area (Å²) in [7, 11) is 0. The molecule has 0 aliphatic heterocycles. The zero-order chi connectivity index (χ0) is 11.5. The molecule has 16 heavy (non-hydrogen) atoms. The van der Waals surface area contributed by atoms with Crippen LogP contribution in [0.2, 0.25) is 0 Å². The van der Waals surface area contributed by atoms with Crippen molar-refractivity contribution in [3.63, 3.8) is 0 Å². The lowest BCUT2D eigenvalue weighted by atomic mass is 10.2. The lowest BCUT2D eigenvalue weighted by Gasteiger charge is -2.14. The molecule has 2 rings (SSSR count). The van der Waals surface area contributed by atoms with Crippen molar-refractivity contribution in [3.8, 4) is 0 Å². The van der Waals surface area contributed by atoms with Crippen molar-refractivity contribution in [2.75, 3.05) is 5.32 Å². The van der Waals surface area contributed by atoms with Gasteiger partial charge in [-0.3, -0.25) is 0 Å². The number of nitrogens with one attached hydrogen (secondary N) is 1. The second-order valence-electron chi connectivity index (χ2n) is 3.51. The fourth-order valence-electron chi connectivity index (χ4n) is 1.45. The number of furan rings is 1. The van der Waals surface area contributed by atoms with Gasteiger partial charge in [-0.25, -0.2) is 0 Å². The molecule has 2 aromatic rings. The zero-order valence-electron chi connectivity index (χ0n) is 8.71. The second-order valence-corrected chi connectivity index (χ2v) is 5.28. The van der Waals surface area contributed by atoms with E-state index in [1.54, 1.807) is 6.26 Å². The van der Waals surface area contributed by atoms with Crippen LogP contribution < -0.4 is 5.32 Å². The first-order chi connectivity index (χ1) is 7.66. The molecule has 0 bridgehead atoms. The smallest absolute Gasteiger partial charge is 0.125 e. The highest BCUT2D eigenvalue weighted by Gasteiger charge is 2.09. The van der Waals surface area contributed by atoms with Crippen LogP contribution in [0.5, 0.6) is 0 Å². The van der Waals surface area contributed by atoms with Crippen molar-refractivity contribution in [2.24, 2.45) is 0 Å². The van der Waals surface area contributed by atoms with Gasteiger partial charge < -0.3 is 9.73 Å². The summed E-state index contributed by atoms with van der Waals surface area (Å²) in [4.78, 5) is 0. The Kier molecular flexibility index (Phi) is 3.71. The first kappa shape index (κ1) is 11.7. The summed E-state index contributed by atoms with van der Waals surface area (Å²) in [5.41, 5.74) is 1.05. The standard InChI is InChI=1S/C12H11Br2NO/c1-8(12-3-2-6-16-12)15-11-5-4-9(13)7-10(11)14/h2-8,15H,1H3. The monoisotopic (exact) mass is 343 g/mol. The van der Waals surface area contributed by atoms with E-state index in [9.17, 15) is 0 Å².